The molecular formula is C13H19N3OS. The quantitative estimate of drug-likeness (QED) is 0.282. The van der Waals surface area contributed by atoms with Gasteiger partial charge < -0.3 is 15.8 Å². The Hall–Kier alpha value is -1.36. The normalized spacial score (nSPS) is 15.8. The van der Waals surface area contributed by atoms with Crippen LogP contribution in [0.2, 0.25) is 0 Å². The topological polar surface area (TPSA) is 61.8 Å². The molecule has 1 aliphatic rings. The van der Waals surface area contributed by atoms with Crippen molar-refractivity contribution in [2.45, 2.75) is 17.7 Å². The van der Waals surface area contributed by atoms with Crippen LogP contribution in [0.1, 0.15) is 18.4 Å². The smallest absolute Gasteiger partial charge is 0.173 e. The molecule has 5 heteroatoms. The van der Waals surface area contributed by atoms with E-state index < -0.39 is 0 Å². The number of rotatable bonds is 5. The Morgan fingerprint density at radius 3 is 2.83 bits per heavy atom. The second kappa shape index (κ2) is 5.52. The third-order valence-corrected chi connectivity index (χ3v) is 4.01. The summed E-state index contributed by atoms with van der Waals surface area (Å²) in [4.78, 5) is 3.23. The minimum absolute atomic E-state index is 0.178. The van der Waals surface area contributed by atoms with E-state index in [-0.39, 0.29) is 5.84 Å². The van der Waals surface area contributed by atoms with E-state index in [1.165, 1.54) is 12.8 Å². The van der Waals surface area contributed by atoms with Gasteiger partial charge in [0.2, 0.25) is 0 Å². The van der Waals surface area contributed by atoms with Crippen molar-refractivity contribution < 1.29 is 5.21 Å². The average molecular weight is 265 g/mol. The summed E-state index contributed by atoms with van der Waals surface area (Å²) in [5.41, 5.74) is 7.68. The number of hydrogen-bond donors (Lipinski definition) is 2. The summed E-state index contributed by atoms with van der Waals surface area (Å²) in [5.74, 6) is 0.977. The van der Waals surface area contributed by atoms with E-state index in [2.05, 4.69) is 17.1 Å². The first-order valence-electron chi connectivity index (χ1n) is 6.03. The van der Waals surface area contributed by atoms with Crippen molar-refractivity contribution in [3.8, 4) is 0 Å². The van der Waals surface area contributed by atoms with Crippen molar-refractivity contribution in [1.82, 2.24) is 0 Å². The molecule has 0 radical (unpaired) electrons. The minimum atomic E-state index is 0.178. The Labute approximate surface area is 112 Å². The first-order chi connectivity index (χ1) is 8.67. The maximum Gasteiger partial charge on any atom is 0.173 e. The molecule has 0 atom stereocenters. The molecule has 2 rings (SSSR count). The van der Waals surface area contributed by atoms with Crippen molar-refractivity contribution in [2.75, 3.05) is 24.7 Å². The highest BCUT2D eigenvalue weighted by atomic mass is 32.2. The van der Waals surface area contributed by atoms with Gasteiger partial charge in [0.15, 0.2) is 5.84 Å². The zero-order valence-electron chi connectivity index (χ0n) is 10.8. The van der Waals surface area contributed by atoms with E-state index >= 15 is 0 Å². The van der Waals surface area contributed by atoms with Gasteiger partial charge in [-0.3, -0.25) is 0 Å². The van der Waals surface area contributed by atoms with Crippen LogP contribution >= 0.6 is 11.8 Å². The molecule has 0 amide bonds. The molecule has 1 fully saturated rings. The maximum absolute atomic E-state index is 8.94. The van der Waals surface area contributed by atoms with Crippen LogP contribution in [0, 0.1) is 5.92 Å². The summed E-state index contributed by atoms with van der Waals surface area (Å²) in [6, 6.07) is 6.03. The highest BCUT2D eigenvalue weighted by Crippen LogP contribution is 2.34. The maximum atomic E-state index is 8.94. The van der Waals surface area contributed by atoms with Crippen LogP contribution < -0.4 is 10.6 Å². The van der Waals surface area contributed by atoms with Gasteiger partial charge in [-0.15, -0.1) is 11.8 Å². The second-order valence-corrected chi connectivity index (χ2v) is 5.51. The third kappa shape index (κ3) is 2.72. The van der Waals surface area contributed by atoms with Crippen molar-refractivity contribution in [3.63, 3.8) is 0 Å². The first-order valence-corrected chi connectivity index (χ1v) is 7.26. The lowest BCUT2D eigenvalue weighted by molar-refractivity contribution is 0.318. The standard InChI is InChI=1S/C13H19N3OS/c1-16(8-9-6-7-9)10-4-3-5-11(18-2)12(10)13(14)15-17/h3-5,9,17H,6-8H2,1-2H3,(H2,14,15). The average Bonchev–Trinajstić information content (AvgIpc) is 3.20. The van der Waals surface area contributed by atoms with Crippen LogP contribution in [0.15, 0.2) is 28.3 Å². The number of thioether (sulfide) groups is 1. The monoisotopic (exact) mass is 265 g/mol. The number of hydrogen-bond acceptors (Lipinski definition) is 4. The van der Waals surface area contributed by atoms with Crippen molar-refractivity contribution in [2.24, 2.45) is 16.8 Å². The second-order valence-electron chi connectivity index (χ2n) is 4.66. The highest BCUT2D eigenvalue weighted by Gasteiger charge is 2.24. The highest BCUT2D eigenvalue weighted by molar-refractivity contribution is 7.98. The van der Waals surface area contributed by atoms with Gasteiger partial charge in [-0.1, -0.05) is 11.2 Å². The molecule has 18 heavy (non-hydrogen) atoms. The molecule has 3 N–H and O–H groups in total. The SMILES string of the molecule is CSc1cccc(N(C)CC2CC2)c1/C(N)=N/O. The largest absolute Gasteiger partial charge is 0.409 e. The van der Waals surface area contributed by atoms with E-state index in [4.69, 9.17) is 10.9 Å². The van der Waals surface area contributed by atoms with Gasteiger partial charge in [-0.2, -0.15) is 0 Å². The van der Waals surface area contributed by atoms with Crippen molar-refractivity contribution >= 4 is 23.3 Å². The van der Waals surface area contributed by atoms with E-state index in [0.29, 0.717) is 0 Å². The van der Waals surface area contributed by atoms with Gasteiger partial charge in [0, 0.05) is 24.2 Å². The predicted molar refractivity (Wildman–Crippen MR) is 76.7 cm³/mol. The van der Waals surface area contributed by atoms with E-state index in [1.807, 2.05) is 24.5 Å². The molecule has 1 aliphatic carbocycles. The van der Waals surface area contributed by atoms with Gasteiger partial charge in [0.1, 0.15) is 0 Å². The summed E-state index contributed by atoms with van der Waals surface area (Å²) < 4.78 is 0. The summed E-state index contributed by atoms with van der Waals surface area (Å²) in [7, 11) is 2.06. The zero-order chi connectivity index (χ0) is 13.1. The van der Waals surface area contributed by atoms with E-state index in [0.717, 1.165) is 28.6 Å². The van der Waals surface area contributed by atoms with E-state index in [9.17, 15) is 0 Å². The lowest BCUT2D eigenvalue weighted by Crippen LogP contribution is -2.25. The molecule has 0 spiro atoms. The first kappa shape index (κ1) is 13.1. The summed E-state index contributed by atoms with van der Waals surface area (Å²) in [5, 5.41) is 12.1. The zero-order valence-corrected chi connectivity index (χ0v) is 11.6. The van der Waals surface area contributed by atoms with Crippen LogP contribution in [0.3, 0.4) is 0 Å². The van der Waals surface area contributed by atoms with Gasteiger partial charge in [-0.25, -0.2) is 0 Å². The van der Waals surface area contributed by atoms with Crippen LogP contribution in [0.25, 0.3) is 0 Å². The minimum Gasteiger partial charge on any atom is -0.409 e. The third-order valence-electron chi connectivity index (χ3n) is 3.23. The number of nitrogens with zero attached hydrogens (tertiary/aromatic N) is 2. The predicted octanol–water partition coefficient (Wildman–Crippen LogP) is 2.35. The number of anilines is 1. The van der Waals surface area contributed by atoms with Crippen molar-refractivity contribution in [1.29, 1.82) is 0 Å². The molecule has 0 aliphatic heterocycles. The molecule has 0 saturated heterocycles. The number of benzene rings is 1. The van der Waals surface area contributed by atoms with Crippen molar-refractivity contribution in [3.05, 3.63) is 23.8 Å². The van der Waals surface area contributed by atoms with Gasteiger partial charge in [-0.05, 0) is 37.1 Å². The fourth-order valence-corrected chi connectivity index (χ4v) is 2.73. The number of nitrogens with two attached hydrogens (primary N) is 1. The van der Waals surface area contributed by atoms with E-state index in [1.54, 1.807) is 11.8 Å². The molecule has 4 nitrogen and oxygen atoms in total. The molecule has 0 bridgehead atoms. The van der Waals surface area contributed by atoms with Gasteiger partial charge >= 0.3 is 0 Å². The Bertz CT molecular complexity index is 458. The van der Waals surface area contributed by atoms with Crippen LogP contribution in [0.4, 0.5) is 5.69 Å². The molecule has 0 heterocycles. The molecule has 1 aromatic carbocycles. The Balaban J connectivity index is 2.37. The van der Waals surface area contributed by atoms with Crippen LogP contribution in [-0.2, 0) is 0 Å². The molecule has 1 saturated carbocycles. The van der Waals surface area contributed by atoms with Crippen LogP contribution in [-0.4, -0.2) is 30.9 Å². The lowest BCUT2D eigenvalue weighted by Gasteiger charge is -2.23. The van der Waals surface area contributed by atoms with Gasteiger partial charge in [0.25, 0.3) is 0 Å². The Kier molecular flexibility index (Phi) is 4.01. The fourth-order valence-electron chi connectivity index (χ4n) is 2.10. The Morgan fingerprint density at radius 2 is 2.28 bits per heavy atom. The Morgan fingerprint density at radius 1 is 1.56 bits per heavy atom. The molecule has 1 aromatic rings. The van der Waals surface area contributed by atoms with Crippen LogP contribution in [0.5, 0.6) is 0 Å². The van der Waals surface area contributed by atoms with Gasteiger partial charge in [0.05, 0.1) is 5.56 Å². The number of oxime groups is 1. The molecule has 0 aromatic heterocycles. The summed E-state index contributed by atoms with van der Waals surface area (Å²) in [6.45, 7) is 1.03. The summed E-state index contributed by atoms with van der Waals surface area (Å²) >= 11 is 1.61. The fraction of sp³-hybridized carbons (Fsp3) is 0.462. The molecule has 98 valence electrons. The number of amidine groups is 1. The lowest BCUT2D eigenvalue weighted by atomic mass is 10.1. The summed E-state index contributed by atoms with van der Waals surface area (Å²) in [6.07, 6.45) is 4.62. The molecular weight excluding hydrogens is 246 g/mol. The molecule has 0 unspecified atom stereocenters.